The van der Waals surface area contributed by atoms with Gasteiger partial charge in [-0.1, -0.05) is 13.0 Å². The van der Waals surface area contributed by atoms with E-state index in [1.54, 1.807) is 18.2 Å². The van der Waals surface area contributed by atoms with Crippen LogP contribution in [0.5, 0.6) is 0 Å². The first-order valence-corrected chi connectivity index (χ1v) is 6.36. The van der Waals surface area contributed by atoms with Crippen LogP contribution in [-0.2, 0) is 0 Å². The maximum absolute atomic E-state index is 12.4. The molecule has 18 heavy (non-hydrogen) atoms. The number of pyridine rings is 1. The van der Waals surface area contributed by atoms with Gasteiger partial charge in [0.2, 0.25) is 0 Å². The number of anilines is 1. The number of rotatable bonds is 2. The van der Waals surface area contributed by atoms with Gasteiger partial charge in [-0.2, -0.15) is 0 Å². The molecule has 0 aliphatic carbocycles. The summed E-state index contributed by atoms with van der Waals surface area (Å²) in [7, 11) is 0. The molecule has 1 saturated heterocycles. The summed E-state index contributed by atoms with van der Waals surface area (Å²) in [5.74, 6) is 6.37. The average molecular weight is 248 g/mol. The van der Waals surface area contributed by atoms with Gasteiger partial charge in [0.1, 0.15) is 11.5 Å². The Labute approximate surface area is 107 Å². The quantitative estimate of drug-likeness (QED) is 0.616. The maximum atomic E-state index is 12.4. The van der Waals surface area contributed by atoms with Crippen LogP contribution in [0.15, 0.2) is 18.2 Å². The van der Waals surface area contributed by atoms with Crippen molar-refractivity contribution in [2.45, 2.75) is 32.7 Å². The van der Waals surface area contributed by atoms with E-state index in [9.17, 15) is 4.79 Å². The summed E-state index contributed by atoms with van der Waals surface area (Å²) in [4.78, 5) is 18.5. The van der Waals surface area contributed by atoms with Crippen LogP contribution in [-0.4, -0.2) is 28.4 Å². The minimum Gasteiger partial charge on any atom is -0.334 e. The van der Waals surface area contributed by atoms with Gasteiger partial charge < -0.3 is 10.3 Å². The lowest BCUT2D eigenvalue weighted by Crippen LogP contribution is -2.45. The molecule has 1 aromatic heterocycles. The van der Waals surface area contributed by atoms with Crippen LogP contribution >= 0.6 is 0 Å². The van der Waals surface area contributed by atoms with Crippen molar-refractivity contribution >= 4 is 11.7 Å². The highest BCUT2D eigenvalue weighted by atomic mass is 16.2. The molecule has 2 rings (SSSR count). The third-order valence-electron chi connectivity index (χ3n) is 3.49. The normalized spacial score (nSPS) is 23.8. The molecule has 5 nitrogen and oxygen atoms in total. The zero-order valence-corrected chi connectivity index (χ0v) is 10.9. The van der Waals surface area contributed by atoms with E-state index in [0.29, 0.717) is 17.4 Å². The Morgan fingerprint density at radius 3 is 2.94 bits per heavy atom. The van der Waals surface area contributed by atoms with E-state index in [4.69, 9.17) is 5.84 Å². The first-order valence-electron chi connectivity index (χ1n) is 6.36. The third-order valence-corrected chi connectivity index (χ3v) is 3.49. The molecule has 3 N–H and O–H groups in total. The molecule has 1 aliphatic rings. The predicted molar refractivity (Wildman–Crippen MR) is 70.9 cm³/mol. The van der Waals surface area contributed by atoms with Gasteiger partial charge in [0.25, 0.3) is 5.91 Å². The summed E-state index contributed by atoms with van der Waals surface area (Å²) in [6.07, 6.45) is 2.24. The fraction of sp³-hybridized carbons (Fsp3) is 0.538. The molecule has 2 heterocycles. The molecule has 0 spiro atoms. The van der Waals surface area contributed by atoms with Crippen LogP contribution in [0.4, 0.5) is 5.82 Å². The summed E-state index contributed by atoms with van der Waals surface area (Å²) < 4.78 is 0. The second-order valence-corrected chi connectivity index (χ2v) is 5.04. The Morgan fingerprint density at radius 2 is 2.22 bits per heavy atom. The van der Waals surface area contributed by atoms with Crippen molar-refractivity contribution in [2.24, 2.45) is 11.8 Å². The van der Waals surface area contributed by atoms with Crippen molar-refractivity contribution in [3.8, 4) is 0 Å². The number of aromatic nitrogens is 1. The standard InChI is InChI=1S/C13H20N4O/c1-9-6-7-10(2)17(8-9)13(18)11-4-3-5-12(15-11)16-14/h3-5,9-10H,6-8,14H2,1-2H3,(H,15,16). The fourth-order valence-corrected chi connectivity index (χ4v) is 2.35. The van der Waals surface area contributed by atoms with Crippen molar-refractivity contribution in [1.29, 1.82) is 0 Å². The lowest BCUT2D eigenvalue weighted by Gasteiger charge is -2.36. The molecule has 0 aromatic carbocycles. The van der Waals surface area contributed by atoms with Gasteiger partial charge in [0, 0.05) is 12.6 Å². The summed E-state index contributed by atoms with van der Waals surface area (Å²) in [6.45, 7) is 5.08. The van der Waals surface area contributed by atoms with E-state index in [1.807, 2.05) is 4.90 Å². The van der Waals surface area contributed by atoms with Crippen molar-refractivity contribution < 1.29 is 4.79 Å². The molecule has 98 valence electrons. The minimum absolute atomic E-state index is 0.00819. The number of nitrogens with zero attached hydrogens (tertiary/aromatic N) is 2. The summed E-state index contributed by atoms with van der Waals surface area (Å²) in [5.41, 5.74) is 2.91. The van der Waals surface area contributed by atoms with Crippen LogP contribution < -0.4 is 11.3 Å². The second-order valence-electron chi connectivity index (χ2n) is 5.04. The number of hydrogen-bond donors (Lipinski definition) is 2. The number of hydrogen-bond acceptors (Lipinski definition) is 4. The predicted octanol–water partition coefficient (Wildman–Crippen LogP) is 1.63. The molecule has 1 aromatic rings. The summed E-state index contributed by atoms with van der Waals surface area (Å²) in [5, 5.41) is 0. The first kappa shape index (κ1) is 12.8. The Bertz CT molecular complexity index is 435. The molecule has 0 radical (unpaired) electrons. The smallest absolute Gasteiger partial charge is 0.272 e. The number of likely N-dealkylation sites (tertiary alicyclic amines) is 1. The molecule has 2 atom stereocenters. The van der Waals surface area contributed by atoms with Gasteiger partial charge >= 0.3 is 0 Å². The number of carbonyl (C=O) groups is 1. The highest BCUT2D eigenvalue weighted by Gasteiger charge is 2.28. The molecular weight excluding hydrogens is 228 g/mol. The van der Waals surface area contributed by atoms with E-state index < -0.39 is 0 Å². The number of carbonyl (C=O) groups excluding carboxylic acids is 1. The van der Waals surface area contributed by atoms with Gasteiger partial charge in [-0.25, -0.2) is 10.8 Å². The van der Waals surface area contributed by atoms with E-state index in [1.165, 1.54) is 6.42 Å². The second kappa shape index (κ2) is 5.35. The van der Waals surface area contributed by atoms with Gasteiger partial charge in [0.15, 0.2) is 0 Å². The van der Waals surface area contributed by atoms with Crippen LogP contribution in [0.1, 0.15) is 37.2 Å². The Kier molecular flexibility index (Phi) is 3.81. The minimum atomic E-state index is -0.00819. The number of nitrogens with two attached hydrogens (primary N) is 1. The molecule has 2 unspecified atom stereocenters. The molecule has 1 amide bonds. The Morgan fingerprint density at radius 1 is 1.44 bits per heavy atom. The molecule has 1 fully saturated rings. The van der Waals surface area contributed by atoms with E-state index in [0.717, 1.165) is 13.0 Å². The number of nitrogens with one attached hydrogen (secondary N) is 1. The van der Waals surface area contributed by atoms with E-state index >= 15 is 0 Å². The van der Waals surface area contributed by atoms with E-state index in [-0.39, 0.29) is 11.9 Å². The lowest BCUT2D eigenvalue weighted by molar-refractivity contribution is 0.0568. The zero-order chi connectivity index (χ0) is 13.1. The largest absolute Gasteiger partial charge is 0.334 e. The van der Waals surface area contributed by atoms with Gasteiger partial charge in [-0.3, -0.25) is 4.79 Å². The van der Waals surface area contributed by atoms with Gasteiger partial charge in [0.05, 0.1) is 0 Å². The molecule has 5 heteroatoms. The van der Waals surface area contributed by atoms with Gasteiger partial charge in [-0.15, -0.1) is 0 Å². The third kappa shape index (κ3) is 2.61. The Balaban J connectivity index is 2.18. The van der Waals surface area contributed by atoms with Gasteiger partial charge in [-0.05, 0) is 37.8 Å². The van der Waals surface area contributed by atoms with Crippen LogP contribution in [0.3, 0.4) is 0 Å². The van der Waals surface area contributed by atoms with Crippen molar-refractivity contribution in [3.05, 3.63) is 23.9 Å². The number of hydrazine groups is 1. The van der Waals surface area contributed by atoms with Crippen LogP contribution in [0, 0.1) is 5.92 Å². The van der Waals surface area contributed by atoms with Crippen LogP contribution in [0.25, 0.3) is 0 Å². The zero-order valence-electron chi connectivity index (χ0n) is 10.9. The highest BCUT2D eigenvalue weighted by Crippen LogP contribution is 2.23. The number of piperidine rings is 1. The first-order chi connectivity index (χ1) is 8.61. The van der Waals surface area contributed by atoms with Crippen molar-refractivity contribution in [1.82, 2.24) is 9.88 Å². The number of amides is 1. The molecule has 0 bridgehead atoms. The summed E-state index contributed by atoms with van der Waals surface area (Å²) in [6, 6.07) is 5.53. The van der Waals surface area contributed by atoms with Crippen molar-refractivity contribution in [3.63, 3.8) is 0 Å². The SMILES string of the molecule is CC1CCC(C)N(C(=O)c2cccc(NN)n2)C1. The number of nitrogen functional groups attached to an aromatic ring is 1. The lowest BCUT2D eigenvalue weighted by atomic mass is 9.95. The summed E-state index contributed by atoms with van der Waals surface area (Å²) >= 11 is 0. The molecule has 0 saturated carbocycles. The van der Waals surface area contributed by atoms with E-state index in [2.05, 4.69) is 24.3 Å². The Hall–Kier alpha value is -1.62. The molecular formula is C13H20N4O. The molecule has 1 aliphatic heterocycles. The fourth-order valence-electron chi connectivity index (χ4n) is 2.35. The van der Waals surface area contributed by atoms with Crippen molar-refractivity contribution in [2.75, 3.05) is 12.0 Å². The highest BCUT2D eigenvalue weighted by molar-refractivity contribution is 5.93. The van der Waals surface area contributed by atoms with Crippen LogP contribution in [0.2, 0.25) is 0 Å². The topological polar surface area (TPSA) is 71.2 Å². The maximum Gasteiger partial charge on any atom is 0.272 e. The monoisotopic (exact) mass is 248 g/mol. The average Bonchev–Trinajstić information content (AvgIpc) is 2.41.